The highest BCUT2D eigenvalue weighted by atomic mass is 16.3. The van der Waals surface area contributed by atoms with E-state index in [0.717, 1.165) is 25.2 Å². The number of rotatable bonds is 0. The Morgan fingerprint density at radius 2 is 1.91 bits per heavy atom. The summed E-state index contributed by atoms with van der Waals surface area (Å²) in [5.41, 5.74) is 1.83. The molecule has 122 valence electrons. The first kappa shape index (κ1) is 14.9. The second-order valence-electron chi connectivity index (χ2n) is 9.11. The molecule has 0 saturated heterocycles. The minimum atomic E-state index is -0.100. The highest BCUT2D eigenvalue weighted by Crippen LogP contribution is 2.65. The van der Waals surface area contributed by atoms with Crippen molar-refractivity contribution in [2.24, 2.45) is 34.5 Å². The maximum absolute atomic E-state index is 11.9. The lowest BCUT2D eigenvalue weighted by Gasteiger charge is -2.58. The fraction of sp³-hybridized carbons (Fsp3) is 0.850. The van der Waals surface area contributed by atoms with E-state index in [2.05, 4.69) is 26.8 Å². The number of hydrogen-bond acceptors (Lipinski definition) is 2. The summed E-state index contributed by atoms with van der Waals surface area (Å²) < 4.78 is 0. The molecule has 7 atom stereocenters. The van der Waals surface area contributed by atoms with Crippen LogP contribution in [0, 0.1) is 34.5 Å². The van der Waals surface area contributed by atoms with Gasteiger partial charge in [-0.15, -0.1) is 0 Å². The smallest absolute Gasteiger partial charge is 0.136 e. The van der Waals surface area contributed by atoms with Crippen LogP contribution >= 0.6 is 0 Å². The molecule has 4 rings (SSSR count). The van der Waals surface area contributed by atoms with Crippen LogP contribution < -0.4 is 0 Å². The third kappa shape index (κ3) is 1.79. The van der Waals surface area contributed by atoms with Crippen LogP contribution in [0.1, 0.15) is 65.7 Å². The molecule has 4 aliphatic carbocycles. The second-order valence-corrected chi connectivity index (χ2v) is 9.11. The molecule has 0 aromatic rings. The zero-order valence-electron chi connectivity index (χ0n) is 14.3. The predicted molar refractivity (Wildman–Crippen MR) is 87.3 cm³/mol. The van der Waals surface area contributed by atoms with Gasteiger partial charge < -0.3 is 5.11 Å². The van der Waals surface area contributed by atoms with E-state index in [4.69, 9.17) is 0 Å². The quantitative estimate of drug-likeness (QED) is 0.683. The number of ketones is 1. The maximum atomic E-state index is 11.9. The zero-order valence-corrected chi connectivity index (χ0v) is 14.3. The number of aliphatic hydroxyl groups excluding tert-OH is 1. The Balaban J connectivity index is 1.74. The Labute approximate surface area is 134 Å². The number of Topliss-reactive ketones (excluding diaryl/α,β-unsaturated/α-hetero) is 1. The summed E-state index contributed by atoms with van der Waals surface area (Å²) in [5, 5.41) is 10.5. The molecule has 0 bridgehead atoms. The van der Waals surface area contributed by atoms with Gasteiger partial charge in [0.15, 0.2) is 0 Å². The van der Waals surface area contributed by atoms with Crippen molar-refractivity contribution in [2.45, 2.75) is 71.8 Å². The number of fused-ring (bicyclic) bond motifs is 5. The zero-order chi connectivity index (χ0) is 15.7. The van der Waals surface area contributed by atoms with Crippen LogP contribution in [-0.2, 0) is 4.79 Å². The molecule has 3 fully saturated rings. The first-order chi connectivity index (χ1) is 10.4. The van der Waals surface area contributed by atoms with E-state index in [1.807, 2.05) is 0 Å². The summed E-state index contributed by atoms with van der Waals surface area (Å²) in [4.78, 5) is 11.9. The Bertz CT molecular complexity index is 536. The number of carbonyl (C=O) groups excluding carboxylic acids is 1. The Morgan fingerprint density at radius 1 is 1.14 bits per heavy atom. The molecule has 0 amide bonds. The summed E-state index contributed by atoms with van der Waals surface area (Å²) >= 11 is 0. The van der Waals surface area contributed by atoms with Gasteiger partial charge in [0.1, 0.15) is 5.78 Å². The van der Waals surface area contributed by atoms with Crippen molar-refractivity contribution >= 4 is 5.78 Å². The van der Waals surface area contributed by atoms with Crippen LogP contribution in [0.2, 0.25) is 0 Å². The largest absolute Gasteiger partial charge is 0.393 e. The molecular weight excluding hydrogens is 272 g/mol. The maximum Gasteiger partial charge on any atom is 0.136 e. The van der Waals surface area contributed by atoms with E-state index in [1.165, 1.54) is 24.8 Å². The van der Waals surface area contributed by atoms with E-state index < -0.39 is 0 Å². The van der Waals surface area contributed by atoms with Crippen molar-refractivity contribution in [1.82, 2.24) is 0 Å². The molecule has 1 N–H and O–H groups in total. The Morgan fingerprint density at radius 3 is 2.68 bits per heavy atom. The molecule has 0 aromatic carbocycles. The molecule has 4 aliphatic rings. The van der Waals surface area contributed by atoms with E-state index in [1.54, 1.807) is 0 Å². The molecule has 0 aliphatic heterocycles. The van der Waals surface area contributed by atoms with E-state index in [-0.39, 0.29) is 16.9 Å². The van der Waals surface area contributed by atoms with Crippen LogP contribution in [0.4, 0.5) is 0 Å². The van der Waals surface area contributed by atoms with Gasteiger partial charge in [0.25, 0.3) is 0 Å². The van der Waals surface area contributed by atoms with Crippen LogP contribution in [0.25, 0.3) is 0 Å². The second kappa shape index (κ2) is 4.69. The molecular formula is C20H30O2. The van der Waals surface area contributed by atoms with E-state index >= 15 is 0 Å². The number of aliphatic hydroxyl groups is 1. The van der Waals surface area contributed by atoms with Gasteiger partial charge in [-0.3, -0.25) is 4.79 Å². The molecule has 2 heteroatoms. The van der Waals surface area contributed by atoms with E-state index in [9.17, 15) is 9.90 Å². The monoisotopic (exact) mass is 302 g/mol. The molecule has 2 nitrogen and oxygen atoms in total. The van der Waals surface area contributed by atoms with Crippen molar-refractivity contribution in [3.8, 4) is 0 Å². The van der Waals surface area contributed by atoms with Gasteiger partial charge in [0, 0.05) is 12.8 Å². The summed E-state index contributed by atoms with van der Waals surface area (Å²) in [5.74, 6) is 3.10. The van der Waals surface area contributed by atoms with Crippen LogP contribution in [0.3, 0.4) is 0 Å². The van der Waals surface area contributed by atoms with Gasteiger partial charge in [0.05, 0.1) is 6.10 Å². The van der Waals surface area contributed by atoms with Crippen molar-refractivity contribution < 1.29 is 9.90 Å². The highest BCUT2D eigenvalue weighted by Gasteiger charge is 2.59. The highest BCUT2D eigenvalue weighted by molar-refractivity contribution is 5.82. The third-order valence-corrected chi connectivity index (χ3v) is 8.22. The van der Waals surface area contributed by atoms with Crippen LogP contribution in [0.15, 0.2) is 11.6 Å². The third-order valence-electron chi connectivity index (χ3n) is 8.22. The standard InChI is InChI=1S/C20H30O2/c1-12-10-13-11-14(21)6-8-19(13,2)16-7-9-20(3)15(18(12)16)4-5-17(20)22/h10,12,15-18,22H,4-9,11H2,1-3H3/t12-,15-,16-,17?,18-,19-,20-/m0/s1. The molecule has 22 heavy (non-hydrogen) atoms. The van der Waals surface area contributed by atoms with Gasteiger partial charge in [-0.1, -0.05) is 32.4 Å². The molecule has 0 aromatic heterocycles. The van der Waals surface area contributed by atoms with Crippen molar-refractivity contribution in [3.63, 3.8) is 0 Å². The molecule has 0 spiro atoms. The average molecular weight is 302 g/mol. The van der Waals surface area contributed by atoms with Gasteiger partial charge in [-0.25, -0.2) is 0 Å². The first-order valence-electron chi connectivity index (χ1n) is 9.27. The summed E-state index contributed by atoms with van der Waals surface area (Å²) in [6.45, 7) is 7.13. The minimum Gasteiger partial charge on any atom is -0.393 e. The number of hydrogen-bond donors (Lipinski definition) is 1. The van der Waals surface area contributed by atoms with E-state index in [0.29, 0.717) is 30.0 Å². The van der Waals surface area contributed by atoms with Crippen LogP contribution in [0.5, 0.6) is 0 Å². The molecule has 0 heterocycles. The fourth-order valence-corrected chi connectivity index (χ4v) is 6.81. The van der Waals surface area contributed by atoms with Gasteiger partial charge in [-0.2, -0.15) is 0 Å². The lowest BCUT2D eigenvalue weighted by molar-refractivity contribution is -0.123. The van der Waals surface area contributed by atoms with Crippen molar-refractivity contribution in [2.75, 3.05) is 0 Å². The molecule has 0 radical (unpaired) electrons. The van der Waals surface area contributed by atoms with Crippen molar-refractivity contribution in [1.29, 1.82) is 0 Å². The lowest BCUT2D eigenvalue weighted by Crippen LogP contribution is -2.53. The normalized spacial score (nSPS) is 54.3. The van der Waals surface area contributed by atoms with Gasteiger partial charge in [0.2, 0.25) is 0 Å². The molecule has 1 unspecified atom stereocenters. The first-order valence-corrected chi connectivity index (χ1v) is 9.27. The summed E-state index contributed by atoms with van der Waals surface area (Å²) in [6, 6.07) is 0. The number of allylic oxidation sites excluding steroid dienone is 2. The lowest BCUT2D eigenvalue weighted by atomic mass is 9.46. The number of carbonyl (C=O) groups is 1. The van der Waals surface area contributed by atoms with Crippen molar-refractivity contribution in [3.05, 3.63) is 11.6 Å². The summed E-state index contributed by atoms with van der Waals surface area (Å²) in [6.07, 6.45) is 9.47. The minimum absolute atomic E-state index is 0.100. The Kier molecular flexibility index (Phi) is 3.18. The molecule has 3 saturated carbocycles. The average Bonchev–Trinajstić information content (AvgIpc) is 2.77. The van der Waals surface area contributed by atoms with Gasteiger partial charge >= 0.3 is 0 Å². The fourth-order valence-electron chi connectivity index (χ4n) is 6.81. The predicted octanol–water partition coefficient (Wildman–Crippen LogP) is 4.13. The Hall–Kier alpha value is -0.630. The topological polar surface area (TPSA) is 37.3 Å². The SMILES string of the molecule is C[C@H]1C=C2CC(=O)CC[C@]2(C)[C@H]2CC[C@]3(C)C(O)CC[C@H]3[C@H]12. The summed E-state index contributed by atoms with van der Waals surface area (Å²) in [7, 11) is 0. The van der Waals surface area contributed by atoms with Gasteiger partial charge in [-0.05, 0) is 66.6 Å². The van der Waals surface area contributed by atoms with Crippen LogP contribution in [-0.4, -0.2) is 17.0 Å².